The lowest BCUT2D eigenvalue weighted by Crippen LogP contribution is -2.60. The van der Waals surface area contributed by atoms with Crippen LogP contribution in [0.25, 0.3) is 0 Å². The van der Waals surface area contributed by atoms with Gasteiger partial charge in [-0.2, -0.15) is 0 Å². The highest BCUT2D eigenvalue weighted by Crippen LogP contribution is 2.32. The van der Waals surface area contributed by atoms with E-state index in [-0.39, 0.29) is 29.9 Å². The van der Waals surface area contributed by atoms with Gasteiger partial charge in [0.1, 0.15) is 12.1 Å². The maximum atomic E-state index is 12.6. The number of rotatable bonds is 3. The number of carbonyl (C=O) groups excluding carboxylic acids is 3. The van der Waals surface area contributed by atoms with Gasteiger partial charge in [-0.25, -0.2) is 4.79 Å². The van der Waals surface area contributed by atoms with Gasteiger partial charge in [0.2, 0.25) is 11.8 Å². The summed E-state index contributed by atoms with van der Waals surface area (Å²) >= 11 is 0. The molecule has 144 valence electrons. The third-order valence-electron chi connectivity index (χ3n) is 5.86. The van der Waals surface area contributed by atoms with E-state index < -0.39 is 6.04 Å². The van der Waals surface area contributed by atoms with Gasteiger partial charge in [0, 0.05) is 18.8 Å². The first-order valence-electron chi connectivity index (χ1n) is 9.72. The van der Waals surface area contributed by atoms with E-state index >= 15 is 0 Å². The highest BCUT2D eigenvalue weighted by Gasteiger charge is 2.51. The van der Waals surface area contributed by atoms with Crippen molar-refractivity contribution in [3.05, 3.63) is 29.8 Å². The quantitative estimate of drug-likeness (QED) is 0.853. The molecule has 0 saturated carbocycles. The highest BCUT2D eigenvalue weighted by molar-refractivity contribution is 5.98. The van der Waals surface area contributed by atoms with Crippen molar-refractivity contribution in [2.45, 2.75) is 57.2 Å². The Kier molecular flexibility index (Phi) is 4.53. The fraction of sp³-hybridized carbons (Fsp3) is 0.550. The molecular weight excluding hydrogens is 344 g/mol. The van der Waals surface area contributed by atoms with E-state index in [0.717, 1.165) is 18.5 Å². The summed E-state index contributed by atoms with van der Waals surface area (Å²) in [5, 5.41) is 5.74. The summed E-state index contributed by atoms with van der Waals surface area (Å²) in [4.78, 5) is 41.0. The van der Waals surface area contributed by atoms with E-state index in [1.54, 1.807) is 9.80 Å². The third kappa shape index (κ3) is 3.26. The molecule has 2 N–H and O–H groups in total. The molecule has 3 aliphatic heterocycles. The predicted molar refractivity (Wildman–Crippen MR) is 101 cm³/mol. The topological polar surface area (TPSA) is 81.8 Å². The second-order valence-corrected chi connectivity index (χ2v) is 8.00. The number of urea groups is 1. The van der Waals surface area contributed by atoms with Gasteiger partial charge in [0.15, 0.2) is 0 Å². The van der Waals surface area contributed by atoms with Gasteiger partial charge in [-0.15, -0.1) is 0 Å². The van der Waals surface area contributed by atoms with E-state index in [4.69, 9.17) is 0 Å². The molecule has 3 aliphatic rings. The van der Waals surface area contributed by atoms with Gasteiger partial charge in [0.05, 0.1) is 6.04 Å². The molecule has 3 fully saturated rings. The van der Waals surface area contributed by atoms with Crippen LogP contribution in [-0.2, 0) is 9.59 Å². The number of nitrogens with one attached hydrogen (secondary N) is 2. The van der Waals surface area contributed by atoms with Crippen molar-refractivity contribution < 1.29 is 14.4 Å². The van der Waals surface area contributed by atoms with E-state index in [1.165, 1.54) is 5.56 Å². The molecule has 0 unspecified atom stereocenters. The number of fused-ring (bicyclic) bond motifs is 2. The van der Waals surface area contributed by atoms with Crippen LogP contribution in [0.1, 0.15) is 44.6 Å². The fourth-order valence-corrected chi connectivity index (χ4v) is 4.39. The zero-order valence-corrected chi connectivity index (χ0v) is 15.8. The summed E-state index contributed by atoms with van der Waals surface area (Å²) in [5.41, 5.74) is 1.94. The first-order chi connectivity index (χ1) is 12.9. The summed E-state index contributed by atoms with van der Waals surface area (Å²) in [5.74, 6) is 0.506. The maximum absolute atomic E-state index is 12.6. The second-order valence-electron chi connectivity index (χ2n) is 8.00. The molecule has 27 heavy (non-hydrogen) atoms. The molecule has 7 nitrogen and oxygen atoms in total. The van der Waals surface area contributed by atoms with Gasteiger partial charge in [-0.3, -0.25) is 9.59 Å². The van der Waals surface area contributed by atoms with E-state index in [9.17, 15) is 14.4 Å². The Morgan fingerprint density at radius 1 is 1.07 bits per heavy atom. The lowest BCUT2D eigenvalue weighted by molar-refractivity contribution is -0.156. The minimum atomic E-state index is -0.428. The number of hydrogen-bond acceptors (Lipinski definition) is 3. The number of anilines is 1. The first kappa shape index (κ1) is 17.8. The minimum Gasteiger partial charge on any atom is -0.333 e. The van der Waals surface area contributed by atoms with E-state index in [1.807, 2.05) is 24.3 Å². The van der Waals surface area contributed by atoms with E-state index in [2.05, 4.69) is 24.5 Å². The standard InChI is InChI=1S/C20H26N4O3/c1-12(2)13-5-7-14(8-6-13)21-20(27)22-15-10-17-19(26)23-9-3-4-16(23)18(25)24(17)11-15/h5-8,12,15-17H,3-4,9-11H2,1-2H3,(H2,21,22,27)/t15-,16-,17-/m0/s1. The maximum Gasteiger partial charge on any atom is 0.319 e. The van der Waals surface area contributed by atoms with Crippen LogP contribution in [0.4, 0.5) is 10.5 Å². The monoisotopic (exact) mass is 370 g/mol. The number of hydrogen-bond donors (Lipinski definition) is 2. The number of piperazine rings is 1. The van der Waals surface area contributed by atoms with Gasteiger partial charge in [0.25, 0.3) is 0 Å². The van der Waals surface area contributed by atoms with Crippen molar-refractivity contribution in [1.29, 1.82) is 0 Å². The van der Waals surface area contributed by atoms with Crippen molar-refractivity contribution in [1.82, 2.24) is 15.1 Å². The third-order valence-corrected chi connectivity index (χ3v) is 5.86. The van der Waals surface area contributed by atoms with E-state index in [0.29, 0.717) is 25.4 Å². The number of amides is 4. The largest absolute Gasteiger partial charge is 0.333 e. The molecule has 7 heteroatoms. The average Bonchev–Trinajstić information content (AvgIpc) is 3.27. The highest BCUT2D eigenvalue weighted by atomic mass is 16.2. The first-order valence-corrected chi connectivity index (χ1v) is 9.72. The lowest BCUT2D eigenvalue weighted by atomic mass is 10.0. The lowest BCUT2D eigenvalue weighted by Gasteiger charge is -2.38. The Morgan fingerprint density at radius 3 is 2.48 bits per heavy atom. The number of nitrogens with zero attached hydrogens (tertiary/aromatic N) is 2. The molecule has 0 spiro atoms. The molecule has 0 aliphatic carbocycles. The van der Waals surface area contributed by atoms with Gasteiger partial charge in [-0.05, 0) is 42.9 Å². The van der Waals surface area contributed by atoms with Crippen LogP contribution in [-0.4, -0.2) is 58.9 Å². The Morgan fingerprint density at radius 2 is 1.78 bits per heavy atom. The number of carbonyl (C=O) groups is 3. The molecule has 4 rings (SSSR count). The van der Waals surface area contributed by atoms with Crippen molar-refractivity contribution in [2.75, 3.05) is 18.4 Å². The molecule has 3 saturated heterocycles. The Labute approximate surface area is 159 Å². The molecular formula is C20H26N4O3. The van der Waals surface area contributed by atoms with Gasteiger partial charge in [-0.1, -0.05) is 26.0 Å². The molecule has 0 radical (unpaired) electrons. The Bertz CT molecular complexity index is 731. The second kappa shape index (κ2) is 6.87. The zero-order valence-electron chi connectivity index (χ0n) is 15.8. The molecule has 1 aromatic carbocycles. The smallest absolute Gasteiger partial charge is 0.319 e. The molecule has 3 heterocycles. The molecule has 1 aromatic rings. The Hall–Kier alpha value is -2.57. The fourth-order valence-electron chi connectivity index (χ4n) is 4.39. The van der Waals surface area contributed by atoms with Crippen molar-refractivity contribution in [2.24, 2.45) is 0 Å². The Balaban J connectivity index is 1.36. The minimum absolute atomic E-state index is 0.0334. The van der Waals surface area contributed by atoms with Gasteiger partial charge < -0.3 is 20.4 Å². The zero-order chi connectivity index (χ0) is 19.1. The van der Waals surface area contributed by atoms with Gasteiger partial charge >= 0.3 is 6.03 Å². The summed E-state index contributed by atoms with van der Waals surface area (Å²) in [6.45, 7) is 5.32. The van der Waals surface area contributed by atoms with Crippen molar-refractivity contribution in [3.8, 4) is 0 Å². The molecule has 0 bridgehead atoms. The summed E-state index contributed by atoms with van der Waals surface area (Å²) in [7, 11) is 0. The van der Waals surface area contributed by atoms with Crippen LogP contribution in [0.15, 0.2) is 24.3 Å². The van der Waals surface area contributed by atoms with Crippen LogP contribution in [0, 0.1) is 0 Å². The summed E-state index contributed by atoms with van der Waals surface area (Å²) < 4.78 is 0. The molecule has 0 aromatic heterocycles. The summed E-state index contributed by atoms with van der Waals surface area (Å²) in [6, 6.07) is 6.53. The summed E-state index contributed by atoms with van der Waals surface area (Å²) in [6.07, 6.45) is 2.12. The van der Waals surface area contributed by atoms with Crippen LogP contribution < -0.4 is 10.6 Å². The van der Waals surface area contributed by atoms with Crippen molar-refractivity contribution in [3.63, 3.8) is 0 Å². The van der Waals surface area contributed by atoms with Crippen LogP contribution >= 0.6 is 0 Å². The predicted octanol–water partition coefficient (Wildman–Crippen LogP) is 1.91. The molecule has 3 atom stereocenters. The van der Waals surface area contributed by atoms with Crippen LogP contribution in [0.3, 0.4) is 0 Å². The van der Waals surface area contributed by atoms with Crippen LogP contribution in [0.5, 0.6) is 0 Å². The number of benzene rings is 1. The average molecular weight is 370 g/mol. The van der Waals surface area contributed by atoms with Crippen LogP contribution in [0.2, 0.25) is 0 Å². The molecule has 4 amide bonds. The normalized spacial score (nSPS) is 27.0. The van der Waals surface area contributed by atoms with Crippen molar-refractivity contribution >= 4 is 23.5 Å². The SMILES string of the molecule is CC(C)c1ccc(NC(=O)N[C@H]2C[C@H]3C(=O)N4CCC[C@H]4C(=O)N3C2)cc1.